The molecule has 13 heteroatoms. The van der Waals surface area contributed by atoms with Crippen LogP contribution in [0.25, 0.3) is 0 Å². The number of aliphatic hydroxyl groups excluding tert-OH is 3. The topological polar surface area (TPSA) is 188 Å². The first kappa shape index (κ1) is 35.4. The Morgan fingerprint density at radius 1 is 0.658 bits per heavy atom. The van der Waals surface area contributed by atoms with Gasteiger partial charge in [0.2, 0.25) is 0 Å². The molecular weight excluding hydrogens is 508 g/mol. The monoisotopic (exact) mass is 548 g/mol. The van der Waals surface area contributed by atoms with Gasteiger partial charge in [0.25, 0.3) is 0 Å². The van der Waals surface area contributed by atoms with E-state index in [1.165, 1.54) is 27.7 Å². The summed E-state index contributed by atoms with van der Waals surface area (Å²) in [5, 5.41) is 40.9. The van der Waals surface area contributed by atoms with E-state index in [1.54, 1.807) is 0 Å². The first-order chi connectivity index (χ1) is 17.6. The third kappa shape index (κ3) is 15.6. The first-order valence-electron chi connectivity index (χ1n) is 11.6. The van der Waals surface area contributed by atoms with Gasteiger partial charge in [0, 0.05) is 16.7 Å². The van der Waals surface area contributed by atoms with Crippen molar-refractivity contribution < 1.29 is 63.2 Å². The van der Waals surface area contributed by atoms with Gasteiger partial charge in [0.1, 0.15) is 44.2 Å². The van der Waals surface area contributed by atoms with Crippen LogP contribution in [0.1, 0.15) is 27.7 Å². The minimum atomic E-state index is -2.11. The Hall–Kier alpha value is -2.65. The number of carbonyl (C=O) groups excluding carboxylic acids is 3. The van der Waals surface area contributed by atoms with E-state index in [0.29, 0.717) is 0 Å². The fourth-order valence-electron chi connectivity index (χ4n) is 2.28. The van der Waals surface area contributed by atoms with Crippen LogP contribution < -0.4 is 0 Å². The van der Waals surface area contributed by atoms with Gasteiger partial charge in [-0.3, -0.25) is 0 Å². The smallest absolute Gasteiger partial charge is 0.333 e. The summed E-state index contributed by atoms with van der Waals surface area (Å²) in [6.45, 7) is 13.0. The molecule has 0 aromatic heterocycles. The quantitative estimate of drug-likeness (QED) is 0.0664. The zero-order valence-corrected chi connectivity index (χ0v) is 22.3. The lowest BCUT2D eigenvalue weighted by atomic mass is 10.1. The van der Waals surface area contributed by atoms with Gasteiger partial charge in [-0.15, -0.1) is 0 Å². The lowest BCUT2D eigenvalue weighted by Gasteiger charge is -2.33. The standard InChI is InChI=1S/C25H40O13/c1-15(2)22(29)35-10-18(26)8-33-14-21(34-9-19(27)11-36-23(30)16(3)4)25(7,32)38-13-20(28)12-37-24(31)17(5)6/h18-21,26-28,32H,1,3,5,8-14H2,2,4,6-7H3. The average Bonchev–Trinajstić information content (AvgIpc) is 2.84. The van der Waals surface area contributed by atoms with E-state index in [9.17, 15) is 34.8 Å². The van der Waals surface area contributed by atoms with E-state index < -0.39 is 74.5 Å². The molecule has 0 aromatic rings. The van der Waals surface area contributed by atoms with Crippen molar-refractivity contribution in [3.8, 4) is 0 Å². The van der Waals surface area contributed by atoms with Crippen LogP contribution in [0, 0.1) is 0 Å². The number of ether oxygens (including phenoxy) is 6. The first-order valence-corrected chi connectivity index (χ1v) is 11.6. The molecule has 4 N–H and O–H groups in total. The van der Waals surface area contributed by atoms with Crippen LogP contribution in [0.2, 0.25) is 0 Å². The van der Waals surface area contributed by atoms with E-state index in [4.69, 9.17) is 28.4 Å². The number of hydrogen-bond donors (Lipinski definition) is 4. The summed E-state index contributed by atoms with van der Waals surface area (Å²) in [6, 6.07) is 0. The van der Waals surface area contributed by atoms with Crippen LogP contribution in [0.4, 0.5) is 0 Å². The molecule has 5 atom stereocenters. The minimum Gasteiger partial charge on any atom is -0.460 e. The highest BCUT2D eigenvalue weighted by Gasteiger charge is 2.36. The molecule has 0 spiro atoms. The lowest BCUT2D eigenvalue weighted by Crippen LogP contribution is -2.49. The molecule has 0 aromatic carbocycles. The van der Waals surface area contributed by atoms with E-state index in [-0.39, 0.29) is 36.5 Å². The fraction of sp³-hybridized carbons (Fsp3) is 0.640. The average molecular weight is 549 g/mol. The normalized spacial score (nSPS) is 15.8. The third-order valence-electron chi connectivity index (χ3n) is 4.50. The molecule has 13 nitrogen and oxygen atoms in total. The van der Waals surface area contributed by atoms with Crippen molar-refractivity contribution in [3.63, 3.8) is 0 Å². The second-order valence-corrected chi connectivity index (χ2v) is 8.82. The number of carbonyl (C=O) groups is 3. The zero-order chi connectivity index (χ0) is 29.5. The summed E-state index contributed by atoms with van der Waals surface area (Å²) in [5.41, 5.74) is 0.435. The Morgan fingerprint density at radius 2 is 1.03 bits per heavy atom. The second kappa shape index (κ2) is 17.8. The molecular formula is C25H40O13. The highest BCUT2D eigenvalue weighted by Crippen LogP contribution is 2.18. The van der Waals surface area contributed by atoms with Gasteiger partial charge in [-0.2, -0.15) is 0 Å². The van der Waals surface area contributed by atoms with Crippen molar-refractivity contribution in [3.05, 3.63) is 36.5 Å². The van der Waals surface area contributed by atoms with Crippen molar-refractivity contribution in [1.82, 2.24) is 0 Å². The molecule has 0 aliphatic rings. The molecule has 0 heterocycles. The van der Waals surface area contributed by atoms with Gasteiger partial charge in [0.05, 0.1) is 26.4 Å². The summed E-state index contributed by atoms with van der Waals surface area (Å²) < 4.78 is 30.7. The largest absolute Gasteiger partial charge is 0.460 e. The molecule has 0 amide bonds. The third-order valence-corrected chi connectivity index (χ3v) is 4.50. The van der Waals surface area contributed by atoms with Crippen molar-refractivity contribution in [1.29, 1.82) is 0 Å². The summed E-state index contributed by atoms with van der Waals surface area (Å²) in [7, 11) is 0. The molecule has 0 saturated heterocycles. The Kier molecular flexibility index (Phi) is 16.5. The maximum Gasteiger partial charge on any atom is 0.333 e. The Labute approximate surface area is 222 Å². The predicted molar refractivity (Wildman–Crippen MR) is 132 cm³/mol. The molecule has 0 aliphatic carbocycles. The SMILES string of the molecule is C=C(C)C(=O)OCC(O)COCC(OCC(O)COC(=O)C(=C)C)C(C)(O)OCC(O)COC(=O)C(=C)C. The van der Waals surface area contributed by atoms with Crippen LogP contribution in [0.15, 0.2) is 36.5 Å². The molecule has 0 rings (SSSR count). The molecule has 0 aliphatic heterocycles. The van der Waals surface area contributed by atoms with Gasteiger partial charge in [0.15, 0.2) is 5.79 Å². The fourth-order valence-corrected chi connectivity index (χ4v) is 2.28. The number of hydrogen-bond acceptors (Lipinski definition) is 13. The van der Waals surface area contributed by atoms with Crippen LogP contribution >= 0.6 is 0 Å². The van der Waals surface area contributed by atoms with Crippen molar-refractivity contribution >= 4 is 17.9 Å². The van der Waals surface area contributed by atoms with Crippen LogP contribution in [-0.4, -0.2) is 115 Å². The van der Waals surface area contributed by atoms with Crippen LogP contribution in [0.3, 0.4) is 0 Å². The maximum absolute atomic E-state index is 11.5. The molecule has 5 unspecified atom stereocenters. The number of aliphatic hydroxyl groups is 4. The van der Waals surface area contributed by atoms with Gasteiger partial charge in [-0.1, -0.05) is 19.7 Å². The number of rotatable bonds is 20. The van der Waals surface area contributed by atoms with Crippen LogP contribution in [-0.2, 0) is 42.8 Å². The van der Waals surface area contributed by atoms with E-state index in [1.807, 2.05) is 0 Å². The molecule has 38 heavy (non-hydrogen) atoms. The van der Waals surface area contributed by atoms with Gasteiger partial charge in [-0.25, -0.2) is 14.4 Å². The second-order valence-electron chi connectivity index (χ2n) is 8.82. The van der Waals surface area contributed by atoms with E-state index >= 15 is 0 Å². The molecule has 0 radical (unpaired) electrons. The molecule has 0 bridgehead atoms. The van der Waals surface area contributed by atoms with Crippen molar-refractivity contribution in [2.24, 2.45) is 0 Å². The Morgan fingerprint density at radius 3 is 1.42 bits per heavy atom. The summed E-state index contributed by atoms with van der Waals surface area (Å²) in [4.78, 5) is 34.4. The molecule has 0 fully saturated rings. The molecule has 0 saturated carbocycles. The van der Waals surface area contributed by atoms with Gasteiger partial charge >= 0.3 is 17.9 Å². The molecule has 218 valence electrons. The van der Waals surface area contributed by atoms with Crippen LogP contribution in [0.5, 0.6) is 0 Å². The van der Waals surface area contributed by atoms with Crippen molar-refractivity contribution in [2.45, 2.75) is 57.9 Å². The number of esters is 3. The lowest BCUT2D eigenvalue weighted by molar-refractivity contribution is -0.277. The highest BCUT2D eigenvalue weighted by molar-refractivity contribution is 5.87. The maximum atomic E-state index is 11.5. The summed E-state index contributed by atoms with van der Waals surface area (Å²) in [5.74, 6) is -4.21. The zero-order valence-electron chi connectivity index (χ0n) is 22.3. The van der Waals surface area contributed by atoms with E-state index in [2.05, 4.69) is 19.7 Å². The van der Waals surface area contributed by atoms with E-state index in [0.717, 1.165) is 0 Å². The Balaban J connectivity index is 5.03. The van der Waals surface area contributed by atoms with Crippen molar-refractivity contribution in [2.75, 3.05) is 46.2 Å². The highest BCUT2D eigenvalue weighted by atomic mass is 16.7. The summed E-state index contributed by atoms with van der Waals surface area (Å²) in [6.07, 6.45) is -5.08. The minimum absolute atomic E-state index is 0.139. The summed E-state index contributed by atoms with van der Waals surface area (Å²) >= 11 is 0. The predicted octanol–water partition coefficient (Wildman–Crippen LogP) is -0.446. The van der Waals surface area contributed by atoms with Gasteiger partial charge in [-0.05, 0) is 27.7 Å². The Bertz CT molecular complexity index is 820. The van der Waals surface area contributed by atoms with Gasteiger partial charge < -0.3 is 48.8 Å².